The number of hydrogen-bond acceptors (Lipinski definition) is 2. The van der Waals surface area contributed by atoms with Crippen LogP contribution in [0.25, 0.3) is 0 Å². The third-order valence-corrected chi connectivity index (χ3v) is 4.86. The topological polar surface area (TPSA) is 43.1 Å². The molecule has 0 aliphatic heterocycles. The molecule has 2 aromatic rings. The number of anilines is 1. The highest BCUT2D eigenvalue weighted by atomic mass is 35.5. The largest absolute Gasteiger partial charge is 0.398 e. The average molecular weight is 294 g/mol. The van der Waals surface area contributed by atoms with Gasteiger partial charge in [-0.05, 0) is 30.5 Å². The van der Waals surface area contributed by atoms with E-state index in [9.17, 15) is 4.21 Å². The van der Waals surface area contributed by atoms with Crippen molar-refractivity contribution in [1.29, 1.82) is 0 Å². The zero-order chi connectivity index (χ0) is 13.7. The molecule has 0 heterocycles. The number of nitrogen functional groups attached to an aromatic ring is 1. The van der Waals surface area contributed by atoms with Gasteiger partial charge in [0.2, 0.25) is 0 Å². The standard InChI is InChI=1S/C15H16ClNOS/c16-13-9-4-10-14(17)15(13)19(18)11-5-8-12-6-2-1-3-7-12/h1-4,6-7,9-10H,5,8,11,17H2. The monoisotopic (exact) mass is 293 g/mol. The summed E-state index contributed by atoms with van der Waals surface area (Å²) in [7, 11) is -1.14. The summed E-state index contributed by atoms with van der Waals surface area (Å²) in [6.45, 7) is 0. The number of benzene rings is 2. The summed E-state index contributed by atoms with van der Waals surface area (Å²) in [5.41, 5.74) is 7.59. The van der Waals surface area contributed by atoms with Gasteiger partial charge >= 0.3 is 0 Å². The van der Waals surface area contributed by atoms with Crippen molar-refractivity contribution in [3.63, 3.8) is 0 Å². The van der Waals surface area contributed by atoms with E-state index >= 15 is 0 Å². The first-order valence-electron chi connectivity index (χ1n) is 6.15. The quantitative estimate of drug-likeness (QED) is 0.855. The van der Waals surface area contributed by atoms with Crippen LogP contribution in [0.1, 0.15) is 12.0 Å². The maximum Gasteiger partial charge on any atom is 0.0803 e. The Morgan fingerprint density at radius 3 is 2.47 bits per heavy atom. The lowest BCUT2D eigenvalue weighted by Crippen LogP contribution is -2.04. The molecule has 2 rings (SSSR count). The smallest absolute Gasteiger partial charge is 0.0803 e. The van der Waals surface area contributed by atoms with E-state index in [2.05, 4.69) is 12.1 Å². The van der Waals surface area contributed by atoms with Crippen molar-refractivity contribution in [3.8, 4) is 0 Å². The SMILES string of the molecule is Nc1cccc(Cl)c1S(=O)CCCc1ccccc1. The molecule has 2 nitrogen and oxygen atoms in total. The van der Waals surface area contributed by atoms with Crippen molar-refractivity contribution in [3.05, 3.63) is 59.1 Å². The minimum Gasteiger partial charge on any atom is -0.398 e. The van der Waals surface area contributed by atoms with Crippen LogP contribution in [0.4, 0.5) is 5.69 Å². The highest BCUT2D eigenvalue weighted by Gasteiger charge is 2.11. The Labute approximate surface area is 121 Å². The van der Waals surface area contributed by atoms with E-state index in [4.69, 9.17) is 17.3 Å². The highest BCUT2D eigenvalue weighted by molar-refractivity contribution is 7.85. The molecular weight excluding hydrogens is 278 g/mol. The molecule has 0 bridgehead atoms. The van der Waals surface area contributed by atoms with Gasteiger partial charge in [0.05, 0.1) is 20.7 Å². The first kappa shape index (κ1) is 14.1. The fourth-order valence-electron chi connectivity index (χ4n) is 1.92. The zero-order valence-electron chi connectivity index (χ0n) is 10.5. The van der Waals surface area contributed by atoms with Crippen molar-refractivity contribution < 1.29 is 4.21 Å². The summed E-state index contributed by atoms with van der Waals surface area (Å²) in [5, 5.41) is 0.484. The molecule has 2 aromatic carbocycles. The van der Waals surface area contributed by atoms with Gasteiger partial charge in [-0.3, -0.25) is 4.21 Å². The molecule has 1 atom stereocenters. The second-order valence-corrected chi connectivity index (χ2v) is 6.21. The average Bonchev–Trinajstić information content (AvgIpc) is 2.40. The van der Waals surface area contributed by atoms with Gasteiger partial charge in [0, 0.05) is 11.4 Å². The number of nitrogens with two attached hydrogens (primary N) is 1. The van der Waals surface area contributed by atoms with Crippen molar-refractivity contribution in [2.24, 2.45) is 0 Å². The molecule has 0 amide bonds. The van der Waals surface area contributed by atoms with Gasteiger partial charge in [0.25, 0.3) is 0 Å². The van der Waals surface area contributed by atoms with Gasteiger partial charge in [-0.1, -0.05) is 48.0 Å². The highest BCUT2D eigenvalue weighted by Crippen LogP contribution is 2.26. The summed E-state index contributed by atoms with van der Waals surface area (Å²) >= 11 is 6.05. The van der Waals surface area contributed by atoms with Crippen molar-refractivity contribution >= 4 is 28.1 Å². The minimum absolute atomic E-state index is 0.484. The lowest BCUT2D eigenvalue weighted by molar-refractivity contribution is 0.680. The van der Waals surface area contributed by atoms with Gasteiger partial charge in [-0.25, -0.2) is 0 Å². The zero-order valence-corrected chi connectivity index (χ0v) is 12.1. The van der Waals surface area contributed by atoms with E-state index in [0.29, 0.717) is 21.4 Å². The number of aryl methyl sites for hydroxylation is 1. The fraction of sp³-hybridized carbons (Fsp3) is 0.200. The number of hydrogen-bond donors (Lipinski definition) is 1. The lowest BCUT2D eigenvalue weighted by atomic mass is 10.1. The molecule has 0 aromatic heterocycles. The van der Waals surface area contributed by atoms with Gasteiger partial charge in [-0.15, -0.1) is 0 Å². The summed E-state index contributed by atoms with van der Waals surface area (Å²) in [6, 6.07) is 15.4. The summed E-state index contributed by atoms with van der Waals surface area (Å²) in [5.74, 6) is 0.572. The van der Waals surface area contributed by atoms with E-state index in [0.717, 1.165) is 12.8 Å². The third-order valence-electron chi connectivity index (χ3n) is 2.86. The van der Waals surface area contributed by atoms with E-state index in [-0.39, 0.29) is 0 Å². The first-order chi connectivity index (χ1) is 9.18. The van der Waals surface area contributed by atoms with Gasteiger partial charge in [0.15, 0.2) is 0 Å². The van der Waals surface area contributed by atoms with Crippen LogP contribution in [-0.2, 0) is 17.2 Å². The fourth-order valence-corrected chi connectivity index (χ4v) is 3.59. The van der Waals surface area contributed by atoms with Crippen LogP contribution >= 0.6 is 11.6 Å². The normalized spacial score (nSPS) is 12.3. The van der Waals surface area contributed by atoms with Crippen LogP contribution < -0.4 is 5.73 Å². The Hall–Kier alpha value is -1.32. The van der Waals surface area contributed by atoms with Crippen LogP contribution in [0.5, 0.6) is 0 Å². The Morgan fingerprint density at radius 1 is 1.05 bits per heavy atom. The first-order valence-corrected chi connectivity index (χ1v) is 7.84. The van der Waals surface area contributed by atoms with Gasteiger partial charge in [-0.2, -0.15) is 0 Å². The van der Waals surface area contributed by atoms with E-state index in [1.165, 1.54) is 5.56 Å². The maximum atomic E-state index is 12.2. The molecule has 100 valence electrons. The van der Waals surface area contributed by atoms with Crippen LogP contribution in [0.3, 0.4) is 0 Å². The van der Waals surface area contributed by atoms with E-state index in [1.807, 2.05) is 18.2 Å². The Morgan fingerprint density at radius 2 is 1.79 bits per heavy atom. The maximum absolute atomic E-state index is 12.2. The molecule has 1 unspecified atom stereocenters. The second kappa shape index (κ2) is 6.73. The van der Waals surface area contributed by atoms with Crippen molar-refractivity contribution in [2.75, 3.05) is 11.5 Å². The molecular formula is C15H16ClNOS. The molecule has 0 saturated carbocycles. The molecule has 2 N–H and O–H groups in total. The van der Waals surface area contributed by atoms with E-state index < -0.39 is 10.8 Å². The minimum atomic E-state index is -1.14. The van der Waals surface area contributed by atoms with E-state index in [1.54, 1.807) is 18.2 Å². The van der Waals surface area contributed by atoms with Crippen LogP contribution in [0.2, 0.25) is 5.02 Å². The molecule has 0 saturated heterocycles. The molecule has 0 spiro atoms. The van der Waals surface area contributed by atoms with Gasteiger partial charge < -0.3 is 5.73 Å². The van der Waals surface area contributed by atoms with Crippen molar-refractivity contribution in [2.45, 2.75) is 17.7 Å². The lowest BCUT2D eigenvalue weighted by Gasteiger charge is -2.07. The van der Waals surface area contributed by atoms with Crippen LogP contribution in [0, 0.1) is 0 Å². The van der Waals surface area contributed by atoms with Crippen LogP contribution in [0.15, 0.2) is 53.4 Å². The Bertz CT molecular complexity index is 551. The summed E-state index contributed by atoms with van der Waals surface area (Å²) in [6.07, 6.45) is 1.76. The molecule has 0 aliphatic carbocycles. The molecule has 4 heteroatoms. The molecule has 19 heavy (non-hydrogen) atoms. The number of halogens is 1. The predicted molar refractivity (Wildman–Crippen MR) is 81.9 cm³/mol. The summed E-state index contributed by atoms with van der Waals surface area (Å²) < 4.78 is 12.2. The van der Waals surface area contributed by atoms with Crippen molar-refractivity contribution in [1.82, 2.24) is 0 Å². The number of rotatable bonds is 5. The predicted octanol–water partition coefficient (Wildman–Crippen LogP) is 3.66. The van der Waals surface area contributed by atoms with Gasteiger partial charge in [0.1, 0.15) is 0 Å². The van der Waals surface area contributed by atoms with Crippen LogP contribution in [-0.4, -0.2) is 9.96 Å². The molecule has 0 aliphatic rings. The molecule has 0 fully saturated rings. The Balaban J connectivity index is 1.95. The summed E-state index contributed by atoms with van der Waals surface area (Å²) in [4.78, 5) is 0.567. The Kier molecular flexibility index (Phi) is 5.00. The molecule has 0 radical (unpaired) electrons. The third kappa shape index (κ3) is 3.82. The second-order valence-electron chi connectivity index (χ2n) is 4.30.